The van der Waals surface area contributed by atoms with E-state index in [1.165, 1.54) is 18.5 Å². The molecule has 1 heterocycles. The van der Waals surface area contributed by atoms with E-state index in [1.54, 1.807) is 18.2 Å². The smallest absolute Gasteiger partial charge is 0.263 e. The van der Waals surface area contributed by atoms with E-state index in [4.69, 9.17) is 5.73 Å². The van der Waals surface area contributed by atoms with E-state index in [1.807, 2.05) is 6.92 Å². The molecule has 1 aromatic heterocycles. The summed E-state index contributed by atoms with van der Waals surface area (Å²) in [6.07, 6.45) is 2.79. The largest absolute Gasteiger partial charge is 0.397 e. The van der Waals surface area contributed by atoms with Gasteiger partial charge in [-0.25, -0.2) is 8.42 Å². The van der Waals surface area contributed by atoms with E-state index in [0.717, 1.165) is 5.56 Å². The normalized spacial score (nSPS) is 11.3. The molecule has 2 rings (SSSR count). The lowest BCUT2D eigenvalue weighted by Gasteiger charge is -2.10. The molecular weight excluding hydrogens is 330 g/mol. The Labute approximate surface area is 120 Å². The van der Waals surface area contributed by atoms with Crippen LogP contribution in [0.2, 0.25) is 0 Å². The van der Waals surface area contributed by atoms with Crippen molar-refractivity contribution < 1.29 is 8.42 Å². The molecule has 0 saturated carbocycles. The van der Waals surface area contributed by atoms with Gasteiger partial charge in [-0.3, -0.25) is 9.71 Å². The fourth-order valence-corrected chi connectivity index (χ4v) is 3.11. The highest BCUT2D eigenvalue weighted by Gasteiger charge is 2.16. The van der Waals surface area contributed by atoms with Crippen LogP contribution in [0.3, 0.4) is 0 Å². The van der Waals surface area contributed by atoms with Gasteiger partial charge in [-0.1, -0.05) is 6.07 Å². The quantitative estimate of drug-likeness (QED) is 0.840. The molecule has 0 atom stereocenters. The maximum absolute atomic E-state index is 12.2. The Bertz CT molecular complexity index is 717. The lowest BCUT2D eigenvalue weighted by atomic mass is 10.2. The minimum atomic E-state index is -3.69. The second kappa shape index (κ2) is 5.18. The number of nitrogens with zero attached hydrogens (tertiary/aromatic N) is 1. The van der Waals surface area contributed by atoms with Gasteiger partial charge in [0, 0.05) is 16.9 Å². The molecular formula is C12H12BrN3O2S. The SMILES string of the molecule is Cc1ccc(NS(=O)(=O)c2cncc(Br)c2)c(N)c1. The summed E-state index contributed by atoms with van der Waals surface area (Å²) in [5.41, 5.74) is 7.48. The van der Waals surface area contributed by atoms with Crippen LogP contribution in [0.15, 0.2) is 46.0 Å². The fourth-order valence-electron chi connectivity index (χ4n) is 1.52. The number of pyridine rings is 1. The van der Waals surface area contributed by atoms with Gasteiger partial charge >= 0.3 is 0 Å². The lowest BCUT2D eigenvalue weighted by molar-refractivity contribution is 0.600. The third-order valence-corrected chi connectivity index (χ3v) is 4.21. The molecule has 7 heteroatoms. The van der Waals surface area contributed by atoms with Crippen molar-refractivity contribution in [2.75, 3.05) is 10.5 Å². The maximum Gasteiger partial charge on any atom is 0.263 e. The van der Waals surface area contributed by atoms with Crippen LogP contribution in [-0.2, 0) is 10.0 Å². The van der Waals surface area contributed by atoms with Gasteiger partial charge in [0.2, 0.25) is 0 Å². The number of hydrogen-bond donors (Lipinski definition) is 2. The minimum absolute atomic E-state index is 0.0712. The molecule has 0 spiro atoms. The van der Waals surface area contributed by atoms with Gasteiger partial charge in [-0.15, -0.1) is 0 Å². The number of benzene rings is 1. The molecule has 1 aromatic carbocycles. The molecule has 0 aliphatic heterocycles. The van der Waals surface area contributed by atoms with Gasteiger partial charge in [0.15, 0.2) is 0 Å². The third-order valence-electron chi connectivity index (χ3n) is 2.44. The number of nitrogens with two attached hydrogens (primary N) is 1. The van der Waals surface area contributed by atoms with E-state index in [-0.39, 0.29) is 4.90 Å². The van der Waals surface area contributed by atoms with Gasteiger partial charge in [0.05, 0.1) is 11.4 Å². The van der Waals surface area contributed by atoms with Crippen molar-refractivity contribution in [1.29, 1.82) is 0 Å². The van der Waals surface area contributed by atoms with Gasteiger partial charge < -0.3 is 5.73 Å². The number of anilines is 2. The summed E-state index contributed by atoms with van der Waals surface area (Å²) in [5.74, 6) is 0. The number of nitrogens with one attached hydrogen (secondary N) is 1. The Hall–Kier alpha value is -1.60. The van der Waals surface area contributed by atoms with Crippen molar-refractivity contribution in [2.45, 2.75) is 11.8 Å². The zero-order valence-corrected chi connectivity index (χ0v) is 12.5. The van der Waals surface area contributed by atoms with Crippen LogP contribution in [0.25, 0.3) is 0 Å². The first-order valence-corrected chi connectivity index (χ1v) is 7.65. The summed E-state index contributed by atoms with van der Waals surface area (Å²) in [5, 5.41) is 0. The van der Waals surface area contributed by atoms with E-state index in [0.29, 0.717) is 15.8 Å². The highest BCUT2D eigenvalue weighted by Crippen LogP contribution is 2.23. The van der Waals surface area contributed by atoms with Crippen molar-refractivity contribution in [3.63, 3.8) is 0 Å². The van der Waals surface area contributed by atoms with Crippen LogP contribution in [-0.4, -0.2) is 13.4 Å². The molecule has 0 unspecified atom stereocenters. The Morgan fingerprint density at radius 3 is 2.63 bits per heavy atom. The van der Waals surface area contributed by atoms with E-state index >= 15 is 0 Å². The predicted octanol–water partition coefficient (Wildman–Crippen LogP) is 2.54. The lowest BCUT2D eigenvalue weighted by Crippen LogP contribution is -2.14. The van der Waals surface area contributed by atoms with Crippen molar-refractivity contribution >= 4 is 37.3 Å². The first-order valence-electron chi connectivity index (χ1n) is 5.38. The zero-order valence-electron chi connectivity index (χ0n) is 10.1. The summed E-state index contributed by atoms with van der Waals surface area (Å²) in [6.45, 7) is 1.88. The van der Waals surface area contributed by atoms with Crippen LogP contribution in [0.4, 0.5) is 11.4 Å². The van der Waals surface area contributed by atoms with Gasteiger partial charge in [0.25, 0.3) is 10.0 Å². The number of rotatable bonds is 3. The molecule has 19 heavy (non-hydrogen) atoms. The standard InChI is InChI=1S/C12H12BrN3O2S/c1-8-2-3-12(11(14)4-8)16-19(17,18)10-5-9(13)6-15-7-10/h2-7,16H,14H2,1H3. The van der Waals surface area contributed by atoms with Crippen LogP contribution in [0.5, 0.6) is 0 Å². The average molecular weight is 342 g/mol. The molecule has 0 saturated heterocycles. The summed E-state index contributed by atoms with van der Waals surface area (Å²) in [7, 11) is -3.69. The van der Waals surface area contributed by atoms with E-state index in [2.05, 4.69) is 25.6 Å². The number of nitrogen functional groups attached to an aromatic ring is 1. The molecule has 0 aliphatic carbocycles. The summed E-state index contributed by atoms with van der Waals surface area (Å²) in [6, 6.07) is 6.59. The Morgan fingerprint density at radius 2 is 2.00 bits per heavy atom. The average Bonchev–Trinajstić information content (AvgIpc) is 2.33. The Morgan fingerprint density at radius 1 is 1.26 bits per heavy atom. The van der Waals surface area contributed by atoms with Crippen molar-refractivity contribution in [1.82, 2.24) is 4.98 Å². The monoisotopic (exact) mass is 341 g/mol. The predicted molar refractivity (Wildman–Crippen MR) is 78.3 cm³/mol. The van der Waals surface area contributed by atoms with Crippen LogP contribution < -0.4 is 10.5 Å². The number of aryl methyl sites for hydroxylation is 1. The number of halogens is 1. The molecule has 3 N–H and O–H groups in total. The van der Waals surface area contributed by atoms with Crippen LogP contribution in [0.1, 0.15) is 5.56 Å². The second-order valence-electron chi connectivity index (χ2n) is 4.04. The minimum Gasteiger partial charge on any atom is -0.397 e. The third kappa shape index (κ3) is 3.24. The fraction of sp³-hybridized carbons (Fsp3) is 0.0833. The second-order valence-corrected chi connectivity index (χ2v) is 6.63. The summed E-state index contributed by atoms with van der Waals surface area (Å²) < 4.78 is 27.4. The maximum atomic E-state index is 12.2. The Balaban J connectivity index is 2.36. The Kier molecular flexibility index (Phi) is 3.77. The van der Waals surface area contributed by atoms with Crippen molar-refractivity contribution in [2.24, 2.45) is 0 Å². The molecule has 0 bridgehead atoms. The topological polar surface area (TPSA) is 85.1 Å². The van der Waals surface area contributed by atoms with Crippen molar-refractivity contribution in [3.05, 3.63) is 46.7 Å². The first kappa shape index (κ1) is 13.8. The molecule has 2 aromatic rings. The number of aromatic nitrogens is 1. The summed E-state index contributed by atoms with van der Waals surface area (Å²) in [4.78, 5) is 3.90. The van der Waals surface area contributed by atoms with E-state index in [9.17, 15) is 8.42 Å². The number of sulfonamides is 1. The van der Waals surface area contributed by atoms with Gasteiger partial charge in [-0.05, 0) is 46.6 Å². The summed E-state index contributed by atoms with van der Waals surface area (Å²) >= 11 is 3.18. The molecule has 0 amide bonds. The van der Waals surface area contributed by atoms with Crippen LogP contribution >= 0.6 is 15.9 Å². The highest BCUT2D eigenvalue weighted by atomic mass is 79.9. The first-order chi connectivity index (χ1) is 8.88. The number of hydrogen-bond acceptors (Lipinski definition) is 4. The van der Waals surface area contributed by atoms with E-state index < -0.39 is 10.0 Å². The van der Waals surface area contributed by atoms with Crippen molar-refractivity contribution in [3.8, 4) is 0 Å². The molecule has 100 valence electrons. The van der Waals surface area contributed by atoms with Gasteiger partial charge in [-0.2, -0.15) is 0 Å². The highest BCUT2D eigenvalue weighted by molar-refractivity contribution is 9.10. The molecule has 0 fully saturated rings. The van der Waals surface area contributed by atoms with Crippen LogP contribution in [0, 0.1) is 6.92 Å². The molecule has 5 nitrogen and oxygen atoms in total. The van der Waals surface area contributed by atoms with Gasteiger partial charge in [0.1, 0.15) is 4.90 Å². The molecule has 0 aliphatic rings. The molecule has 0 radical (unpaired) electrons. The zero-order chi connectivity index (χ0) is 14.0.